The average molecular weight is 564 g/mol. The number of unbranched alkanes of at least 4 members (excludes halogenated alkanes) is 2. The van der Waals surface area contributed by atoms with Crippen molar-refractivity contribution < 1.29 is 22.3 Å². The molecular weight excluding hydrogens is 517 g/mol. The quantitative estimate of drug-likeness (QED) is 0.209. The molecule has 0 bridgehead atoms. The number of hydrogen-bond acceptors (Lipinski definition) is 5. The molecule has 0 aliphatic heterocycles. The first kappa shape index (κ1) is 32.7. The van der Waals surface area contributed by atoms with E-state index in [4.69, 9.17) is 10.5 Å². The summed E-state index contributed by atoms with van der Waals surface area (Å²) in [7, 11) is -3.43. The minimum Gasteiger partial charge on any atom is -0.493 e. The lowest BCUT2D eigenvalue weighted by Gasteiger charge is -2.21. The summed E-state index contributed by atoms with van der Waals surface area (Å²) in [5, 5.41) is 3.48. The molecule has 0 saturated heterocycles. The van der Waals surface area contributed by atoms with Crippen LogP contribution in [0.4, 0.5) is 4.39 Å². The summed E-state index contributed by atoms with van der Waals surface area (Å²) in [5.41, 5.74) is 8.67. The molecule has 0 fully saturated rings. The van der Waals surface area contributed by atoms with E-state index < -0.39 is 15.9 Å². The van der Waals surface area contributed by atoms with Crippen LogP contribution in [0.15, 0.2) is 42.5 Å². The van der Waals surface area contributed by atoms with Crippen LogP contribution >= 0.6 is 0 Å². The number of amides is 1. The summed E-state index contributed by atoms with van der Waals surface area (Å²) in [4.78, 5) is 10.9. The van der Waals surface area contributed by atoms with E-state index in [1.807, 2.05) is 13.0 Å². The number of nitrogens with one attached hydrogen (secondary N) is 1. The molecule has 1 amide bonds. The van der Waals surface area contributed by atoms with Crippen molar-refractivity contribution in [1.82, 2.24) is 9.62 Å². The Bertz CT molecular complexity index is 1110. The van der Waals surface area contributed by atoms with Crippen LogP contribution < -0.4 is 15.8 Å². The third-order valence-corrected chi connectivity index (χ3v) is 8.45. The zero-order chi connectivity index (χ0) is 28.5. The Kier molecular flexibility index (Phi) is 15.1. The molecule has 0 spiro atoms. The molecule has 2 aromatic rings. The molecule has 39 heavy (non-hydrogen) atoms. The monoisotopic (exact) mass is 563 g/mol. The molecule has 0 unspecified atom stereocenters. The number of hydrogen-bond donors (Lipinski definition) is 2. The van der Waals surface area contributed by atoms with Crippen molar-refractivity contribution in [3.05, 3.63) is 65.0 Å². The molecule has 0 heterocycles. The van der Waals surface area contributed by atoms with Gasteiger partial charge in [-0.2, -0.15) is 0 Å². The topological polar surface area (TPSA) is 102 Å². The van der Waals surface area contributed by atoms with Crippen molar-refractivity contribution in [2.75, 3.05) is 32.0 Å². The number of carbonyl (C=O) groups is 1. The van der Waals surface area contributed by atoms with Crippen molar-refractivity contribution in [3.63, 3.8) is 0 Å². The number of benzene rings is 2. The maximum absolute atomic E-state index is 14.2. The highest BCUT2D eigenvalue weighted by Gasteiger charge is 2.20. The Balaban J connectivity index is 1.69. The molecule has 218 valence electrons. The van der Waals surface area contributed by atoms with Crippen LogP contribution in [0.3, 0.4) is 0 Å². The minimum absolute atomic E-state index is 0.0631. The van der Waals surface area contributed by atoms with Crippen LogP contribution in [-0.4, -0.2) is 50.6 Å². The third kappa shape index (κ3) is 13.4. The predicted octanol–water partition coefficient (Wildman–Crippen LogP) is 4.97. The number of rotatable bonds is 21. The molecule has 7 nitrogen and oxygen atoms in total. The standard InChI is InChI=1S/C30H46FN3O4S/c1-3-16-34(39(36,37)19-10-14-30(32)35)17-7-8-18-38-29-22-26(21-28(31)23-29)11-5-6-15-33-24-27-13-9-12-25(4-2)20-27/h9,12-13,20-23,33H,3-8,10-11,14-19,24H2,1-2H3,(H2,32,35). The molecule has 0 aliphatic carbocycles. The molecule has 2 aromatic carbocycles. The summed E-state index contributed by atoms with van der Waals surface area (Å²) in [5.74, 6) is -0.385. The number of nitrogens with two attached hydrogens (primary N) is 1. The molecule has 9 heteroatoms. The molecule has 2 rings (SSSR count). The van der Waals surface area contributed by atoms with Crippen LogP contribution in [-0.2, 0) is 34.2 Å². The second kappa shape index (κ2) is 18.0. The summed E-state index contributed by atoms with van der Waals surface area (Å²) in [6.07, 6.45) is 6.05. The number of ether oxygens (including phenoxy) is 1. The van der Waals surface area contributed by atoms with E-state index in [-0.39, 0.29) is 24.4 Å². The van der Waals surface area contributed by atoms with E-state index in [9.17, 15) is 17.6 Å². The number of nitrogens with zero attached hydrogens (tertiary/aromatic N) is 1. The molecule has 0 aliphatic rings. The SMILES string of the molecule is CCCN(CCCCOc1cc(F)cc(CCCCNCc2cccc(CC)c2)c1)S(=O)(=O)CCCC(N)=O. The van der Waals surface area contributed by atoms with E-state index in [0.29, 0.717) is 44.7 Å². The van der Waals surface area contributed by atoms with Gasteiger partial charge in [0.15, 0.2) is 0 Å². The molecule has 0 atom stereocenters. The lowest BCUT2D eigenvalue weighted by Crippen LogP contribution is -2.35. The van der Waals surface area contributed by atoms with Crippen molar-refractivity contribution in [1.29, 1.82) is 0 Å². The zero-order valence-corrected chi connectivity index (χ0v) is 24.4. The summed E-state index contributed by atoms with van der Waals surface area (Å²) in [6, 6.07) is 13.5. The van der Waals surface area contributed by atoms with Crippen molar-refractivity contribution in [2.45, 2.75) is 78.2 Å². The van der Waals surface area contributed by atoms with E-state index in [1.165, 1.54) is 21.5 Å². The largest absolute Gasteiger partial charge is 0.493 e. The highest BCUT2D eigenvalue weighted by atomic mass is 32.2. The van der Waals surface area contributed by atoms with Crippen molar-refractivity contribution in [2.24, 2.45) is 5.73 Å². The molecular formula is C30H46FN3O4S. The fraction of sp³-hybridized carbons (Fsp3) is 0.567. The normalized spacial score (nSPS) is 11.7. The van der Waals surface area contributed by atoms with Gasteiger partial charge in [0.05, 0.1) is 12.4 Å². The number of sulfonamides is 1. The lowest BCUT2D eigenvalue weighted by molar-refractivity contribution is -0.118. The second-order valence-electron chi connectivity index (χ2n) is 9.94. The second-order valence-corrected chi connectivity index (χ2v) is 12.0. The van der Waals surface area contributed by atoms with Gasteiger partial charge in [0, 0.05) is 32.1 Å². The van der Waals surface area contributed by atoms with Gasteiger partial charge in [-0.3, -0.25) is 4.79 Å². The van der Waals surface area contributed by atoms with Crippen LogP contribution in [0.5, 0.6) is 5.75 Å². The predicted molar refractivity (Wildman–Crippen MR) is 156 cm³/mol. The van der Waals surface area contributed by atoms with Crippen molar-refractivity contribution >= 4 is 15.9 Å². The Labute approximate surface area is 234 Å². The Morgan fingerprint density at radius 2 is 1.77 bits per heavy atom. The maximum atomic E-state index is 14.2. The number of carbonyl (C=O) groups excluding carboxylic acids is 1. The number of aryl methyl sites for hydroxylation is 2. The van der Waals surface area contributed by atoms with Crippen LogP contribution in [0, 0.1) is 5.82 Å². The first-order chi connectivity index (χ1) is 18.7. The van der Waals surface area contributed by atoms with Gasteiger partial charge < -0.3 is 15.8 Å². The van der Waals surface area contributed by atoms with Gasteiger partial charge in [-0.15, -0.1) is 0 Å². The fourth-order valence-corrected chi connectivity index (χ4v) is 6.03. The average Bonchev–Trinajstić information content (AvgIpc) is 2.89. The Morgan fingerprint density at radius 1 is 0.974 bits per heavy atom. The summed E-state index contributed by atoms with van der Waals surface area (Å²) in [6.45, 7) is 7.06. The molecule has 0 saturated carbocycles. The highest BCUT2D eigenvalue weighted by molar-refractivity contribution is 7.89. The van der Waals surface area contributed by atoms with Gasteiger partial charge >= 0.3 is 0 Å². The smallest absolute Gasteiger partial charge is 0.217 e. The highest BCUT2D eigenvalue weighted by Crippen LogP contribution is 2.19. The number of primary amides is 1. The third-order valence-electron chi connectivity index (χ3n) is 6.49. The zero-order valence-electron chi connectivity index (χ0n) is 23.6. The minimum atomic E-state index is -3.43. The fourth-order valence-electron chi connectivity index (χ4n) is 4.40. The Morgan fingerprint density at radius 3 is 2.51 bits per heavy atom. The molecule has 3 N–H and O–H groups in total. The summed E-state index contributed by atoms with van der Waals surface area (Å²) < 4.78 is 46.6. The van der Waals surface area contributed by atoms with Gasteiger partial charge in [0.2, 0.25) is 15.9 Å². The maximum Gasteiger partial charge on any atom is 0.217 e. The first-order valence-corrected chi connectivity index (χ1v) is 15.8. The molecule has 0 radical (unpaired) electrons. The van der Waals surface area contributed by atoms with Gasteiger partial charge in [-0.05, 0) is 86.7 Å². The first-order valence-electron chi connectivity index (χ1n) is 14.2. The lowest BCUT2D eigenvalue weighted by atomic mass is 10.1. The van der Waals surface area contributed by atoms with Crippen LogP contribution in [0.2, 0.25) is 0 Å². The summed E-state index contributed by atoms with van der Waals surface area (Å²) >= 11 is 0. The Hall–Kier alpha value is -2.49. The number of halogens is 1. The van der Waals surface area contributed by atoms with Gasteiger partial charge in [0.1, 0.15) is 11.6 Å². The van der Waals surface area contributed by atoms with E-state index >= 15 is 0 Å². The van der Waals surface area contributed by atoms with E-state index in [0.717, 1.165) is 44.3 Å². The van der Waals surface area contributed by atoms with Crippen molar-refractivity contribution in [3.8, 4) is 5.75 Å². The van der Waals surface area contributed by atoms with Gasteiger partial charge in [0.25, 0.3) is 0 Å². The van der Waals surface area contributed by atoms with Crippen LogP contribution in [0.1, 0.15) is 75.5 Å². The van der Waals surface area contributed by atoms with Crippen LogP contribution in [0.25, 0.3) is 0 Å². The molecule has 0 aromatic heterocycles. The van der Waals surface area contributed by atoms with Gasteiger partial charge in [-0.25, -0.2) is 17.1 Å². The van der Waals surface area contributed by atoms with Gasteiger partial charge in [-0.1, -0.05) is 38.1 Å². The van der Waals surface area contributed by atoms with E-state index in [1.54, 1.807) is 6.07 Å². The van der Waals surface area contributed by atoms with E-state index in [2.05, 4.69) is 36.5 Å².